The van der Waals surface area contributed by atoms with Gasteiger partial charge in [0.25, 0.3) is 0 Å². The van der Waals surface area contributed by atoms with Crippen molar-refractivity contribution < 1.29 is 13.5 Å². The zero-order valence-electron chi connectivity index (χ0n) is 12.7. The Morgan fingerprint density at radius 3 is 2.48 bits per heavy atom. The third kappa shape index (κ3) is 5.87. The standard InChI is InChI=1S/C14H24ClNO3S2/c1-4-5-11(8-10(2)3)12(9-17)16-21(18,19)14-7-6-13(15)20-14/h6-7,10-12,16-17H,4-5,8-9H2,1-3H3/t11-,12-/m1/s1. The molecule has 4 nitrogen and oxygen atoms in total. The van der Waals surface area contributed by atoms with Crippen molar-refractivity contribution in [1.82, 2.24) is 4.72 Å². The van der Waals surface area contributed by atoms with E-state index < -0.39 is 16.1 Å². The molecular formula is C14H24ClNO3S2. The third-order valence-corrected chi connectivity index (χ3v) is 6.53. The maximum Gasteiger partial charge on any atom is 0.250 e. The van der Waals surface area contributed by atoms with Crippen LogP contribution in [0.2, 0.25) is 4.34 Å². The first-order chi connectivity index (χ1) is 9.80. The van der Waals surface area contributed by atoms with E-state index in [2.05, 4.69) is 25.5 Å². The molecule has 0 aliphatic rings. The van der Waals surface area contributed by atoms with E-state index in [1.54, 1.807) is 6.07 Å². The van der Waals surface area contributed by atoms with Crippen molar-refractivity contribution in [3.8, 4) is 0 Å². The van der Waals surface area contributed by atoms with Gasteiger partial charge >= 0.3 is 0 Å². The second-order valence-corrected chi connectivity index (χ2v) is 9.30. The molecule has 0 saturated carbocycles. The smallest absolute Gasteiger partial charge is 0.250 e. The summed E-state index contributed by atoms with van der Waals surface area (Å²) in [5.74, 6) is 0.585. The summed E-state index contributed by atoms with van der Waals surface area (Å²) >= 11 is 6.81. The van der Waals surface area contributed by atoms with Crippen molar-refractivity contribution in [3.63, 3.8) is 0 Å². The normalized spacial score (nSPS) is 15.3. The lowest BCUT2D eigenvalue weighted by atomic mass is 9.87. The zero-order chi connectivity index (χ0) is 16.0. The van der Waals surface area contributed by atoms with E-state index in [0.717, 1.165) is 30.6 Å². The van der Waals surface area contributed by atoms with Gasteiger partial charge in [-0.2, -0.15) is 0 Å². The zero-order valence-corrected chi connectivity index (χ0v) is 15.1. The van der Waals surface area contributed by atoms with Gasteiger partial charge in [-0.25, -0.2) is 13.1 Å². The lowest BCUT2D eigenvalue weighted by Crippen LogP contribution is -2.43. The summed E-state index contributed by atoms with van der Waals surface area (Å²) < 4.78 is 27.9. The van der Waals surface area contributed by atoms with Crippen LogP contribution in [0.1, 0.15) is 40.0 Å². The van der Waals surface area contributed by atoms with E-state index >= 15 is 0 Å². The highest BCUT2D eigenvalue weighted by molar-refractivity contribution is 7.91. The van der Waals surface area contributed by atoms with Crippen molar-refractivity contribution in [2.45, 2.75) is 50.3 Å². The second-order valence-electron chi connectivity index (χ2n) is 5.65. The molecule has 0 unspecified atom stereocenters. The molecule has 0 bridgehead atoms. The van der Waals surface area contributed by atoms with Gasteiger partial charge in [0, 0.05) is 6.04 Å². The molecule has 1 rings (SSSR count). The van der Waals surface area contributed by atoms with Crippen LogP contribution in [0.4, 0.5) is 0 Å². The van der Waals surface area contributed by atoms with Gasteiger partial charge in [-0.1, -0.05) is 38.8 Å². The lowest BCUT2D eigenvalue weighted by Gasteiger charge is -2.27. The van der Waals surface area contributed by atoms with E-state index in [-0.39, 0.29) is 16.7 Å². The highest BCUT2D eigenvalue weighted by Gasteiger charge is 2.27. The summed E-state index contributed by atoms with van der Waals surface area (Å²) in [4.78, 5) is 0. The van der Waals surface area contributed by atoms with Crippen LogP contribution in [-0.2, 0) is 10.0 Å². The molecule has 0 aromatic carbocycles. The molecule has 0 saturated heterocycles. The minimum absolute atomic E-state index is 0.130. The van der Waals surface area contributed by atoms with Crippen molar-refractivity contribution in [2.75, 3.05) is 6.61 Å². The molecule has 0 spiro atoms. The molecule has 2 N–H and O–H groups in total. The molecule has 122 valence electrons. The van der Waals surface area contributed by atoms with Crippen LogP contribution in [0.25, 0.3) is 0 Å². The van der Waals surface area contributed by atoms with Crippen molar-refractivity contribution in [3.05, 3.63) is 16.5 Å². The Hall–Kier alpha value is -0.140. The highest BCUT2D eigenvalue weighted by Crippen LogP contribution is 2.27. The van der Waals surface area contributed by atoms with E-state index in [1.807, 2.05) is 0 Å². The quantitative estimate of drug-likeness (QED) is 0.714. The fourth-order valence-corrected chi connectivity index (χ4v) is 5.24. The van der Waals surface area contributed by atoms with Gasteiger partial charge in [0.15, 0.2) is 0 Å². The molecule has 0 aliphatic carbocycles. The number of thiophene rings is 1. The number of aliphatic hydroxyl groups excluding tert-OH is 1. The van der Waals surface area contributed by atoms with Crippen LogP contribution in [0.3, 0.4) is 0 Å². The molecule has 0 fully saturated rings. The monoisotopic (exact) mass is 353 g/mol. The topological polar surface area (TPSA) is 66.4 Å². The maximum atomic E-state index is 12.3. The summed E-state index contributed by atoms with van der Waals surface area (Å²) in [6, 6.07) is 2.59. The molecule has 7 heteroatoms. The first-order valence-corrected chi connectivity index (χ1v) is 9.86. The summed E-state index contributed by atoms with van der Waals surface area (Å²) in [5.41, 5.74) is 0. The number of halogens is 1. The molecule has 1 aromatic rings. The number of nitrogens with one attached hydrogen (secondary N) is 1. The minimum Gasteiger partial charge on any atom is -0.395 e. The van der Waals surface area contributed by atoms with E-state index in [0.29, 0.717) is 10.3 Å². The summed E-state index contributed by atoms with van der Waals surface area (Å²) in [7, 11) is -3.63. The first kappa shape index (κ1) is 18.9. The Morgan fingerprint density at radius 2 is 2.05 bits per heavy atom. The Morgan fingerprint density at radius 1 is 1.38 bits per heavy atom. The van der Waals surface area contributed by atoms with Gasteiger partial charge in [-0.15, -0.1) is 11.3 Å². The fraction of sp³-hybridized carbons (Fsp3) is 0.714. The predicted molar refractivity (Wildman–Crippen MR) is 88.4 cm³/mol. The third-order valence-electron chi connectivity index (χ3n) is 3.32. The Labute approximate surface area is 136 Å². The number of aliphatic hydroxyl groups is 1. The molecule has 0 radical (unpaired) electrons. The van der Waals surface area contributed by atoms with Gasteiger partial charge in [-0.05, 0) is 36.8 Å². The number of rotatable bonds is 9. The van der Waals surface area contributed by atoms with Gasteiger partial charge in [0.2, 0.25) is 10.0 Å². The molecule has 2 atom stereocenters. The summed E-state index contributed by atoms with van der Waals surface area (Å²) in [5, 5.41) is 9.60. The van der Waals surface area contributed by atoms with Crippen molar-refractivity contribution in [2.24, 2.45) is 11.8 Å². The van der Waals surface area contributed by atoms with Crippen molar-refractivity contribution in [1.29, 1.82) is 0 Å². The lowest BCUT2D eigenvalue weighted by molar-refractivity contribution is 0.193. The van der Waals surface area contributed by atoms with Gasteiger partial charge in [0.1, 0.15) is 4.21 Å². The van der Waals surface area contributed by atoms with Crippen LogP contribution in [0, 0.1) is 11.8 Å². The van der Waals surface area contributed by atoms with E-state index in [9.17, 15) is 13.5 Å². The number of sulfonamides is 1. The van der Waals surface area contributed by atoms with Crippen LogP contribution < -0.4 is 4.72 Å². The highest BCUT2D eigenvalue weighted by atomic mass is 35.5. The molecule has 21 heavy (non-hydrogen) atoms. The molecule has 0 amide bonds. The van der Waals surface area contributed by atoms with Gasteiger partial charge in [-0.3, -0.25) is 0 Å². The van der Waals surface area contributed by atoms with Gasteiger partial charge < -0.3 is 5.11 Å². The average Bonchev–Trinajstić information content (AvgIpc) is 2.82. The van der Waals surface area contributed by atoms with E-state index in [4.69, 9.17) is 11.6 Å². The number of hydrogen-bond acceptors (Lipinski definition) is 4. The number of hydrogen-bond donors (Lipinski definition) is 2. The molecular weight excluding hydrogens is 330 g/mol. The SMILES string of the molecule is CCC[C@H](CC(C)C)[C@@H](CO)NS(=O)(=O)c1ccc(Cl)s1. The molecule has 1 heterocycles. The van der Waals surface area contributed by atoms with Crippen LogP contribution in [0.15, 0.2) is 16.3 Å². The van der Waals surface area contributed by atoms with Crippen LogP contribution in [-0.4, -0.2) is 26.2 Å². The predicted octanol–water partition coefficient (Wildman–Crippen LogP) is 3.50. The van der Waals surface area contributed by atoms with Crippen LogP contribution >= 0.6 is 22.9 Å². The second kappa shape index (κ2) is 8.48. The van der Waals surface area contributed by atoms with Gasteiger partial charge in [0.05, 0.1) is 10.9 Å². The average molecular weight is 354 g/mol. The first-order valence-electron chi connectivity index (χ1n) is 7.18. The molecule has 1 aromatic heterocycles. The van der Waals surface area contributed by atoms with Crippen LogP contribution in [0.5, 0.6) is 0 Å². The van der Waals surface area contributed by atoms with Crippen molar-refractivity contribution >= 4 is 33.0 Å². The Balaban J connectivity index is 2.88. The summed E-state index contributed by atoms with van der Waals surface area (Å²) in [6.45, 7) is 6.07. The minimum atomic E-state index is -3.63. The van der Waals surface area contributed by atoms with E-state index in [1.165, 1.54) is 6.07 Å². The largest absolute Gasteiger partial charge is 0.395 e. The maximum absolute atomic E-state index is 12.3. The Kier molecular flexibility index (Phi) is 7.64. The fourth-order valence-electron chi connectivity index (χ4n) is 2.44. The Bertz CT molecular complexity index is 528. The molecule has 0 aliphatic heterocycles. The summed E-state index contributed by atoms with van der Waals surface area (Å²) in [6.07, 6.45) is 2.73.